The van der Waals surface area contributed by atoms with Crippen LogP contribution in [-0.2, 0) is 43.4 Å². The Balaban J connectivity index is 0.00000324. The number of hydrogen-bond acceptors (Lipinski definition) is 5. The Morgan fingerprint density at radius 1 is 0.617 bits per heavy atom. The maximum atomic E-state index is 6.47. The van der Waals surface area contributed by atoms with Crippen molar-refractivity contribution in [1.82, 2.24) is 0 Å². The van der Waals surface area contributed by atoms with Crippen molar-refractivity contribution in [2.45, 2.75) is 57.9 Å². The van der Waals surface area contributed by atoms with E-state index in [1.807, 2.05) is 12.1 Å². The average molecular weight is 795 g/mol. The molecule has 47 heavy (non-hydrogen) atoms. The van der Waals surface area contributed by atoms with Crippen LogP contribution in [0.5, 0.6) is 0 Å². The van der Waals surface area contributed by atoms with Crippen LogP contribution in [0.1, 0.15) is 62.2 Å². The molecule has 0 N–H and O–H groups in total. The summed E-state index contributed by atoms with van der Waals surface area (Å²) >= 11 is 0. The van der Waals surface area contributed by atoms with Crippen LogP contribution in [0, 0.1) is 32.9 Å². The number of rotatable bonds is 5. The van der Waals surface area contributed by atoms with Gasteiger partial charge in [-0.25, -0.2) is 0 Å². The van der Waals surface area contributed by atoms with Crippen molar-refractivity contribution in [2.24, 2.45) is 9.98 Å². The Hall–Kier alpha value is -4.47. The maximum Gasteiger partial charge on any atom is 2.00 e. The summed E-state index contributed by atoms with van der Waals surface area (Å²) in [6, 6.07) is 41.4. The van der Waals surface area contributed by atoms with Gasteiger partial charge in [-0.2, -0.15) is 0 Å². The summed E-state index contributed by atoms with van der Waals surface area (Å²) in [5, 5.41) is 0. The molecule has 0 saturated heterocycles. The predicted octanol–water partition coefficient (Wildman–Crippen LogP) is 8.57. The van der Waals surface area contributed by atoms with E-state index in [2.05, 4.69) is 123 Å². The number of benzene rings is 5. The third kappa shape index (κ3) is 5.03. The van der Waals surface area contributed by atoms with Crippen LogP contribution in [0.3, 0.4) is 0 Å². The van der Waals surface area contributed by atoms with E-state index in [4.69, 9.17) is 19.5 Å². The molecule has 2 heterocycles. The van der Waals surface area contributed by atoms with Crippen molar-refractivity contribution < 1.29 is 30.5 Å². The van der Waals surface area contributed by atoms with Crippen LogP contribution in [0.15, 0.2) is 107 Å². The van der Waals surface area contributed by atoms with E-state index in [9.17, 15) is 0 Å². The summed E-state index contributed by atoms with van der Waals surface area (Å²) in [5.74, 6) is 1.31. The van der Waals surface area contributed by atoms with Crippen LogP contribution >= 0.6 is 0 Å². The van der Waals surface area contributed by atoms with Gasteiger partial charge in [0.05, 0.1) is 0 Å². The van der Waals surface area contributed by atoms with E-state index in [0.29, 0.717) is 11.8 Å². The number of fused-ring (bicyclic) bond motifs is 6. The maximum absolute atomic E-state index is 6.47. The van der Waals surface area contributed by atoms with Gasteiger partial charge in [-0.05, 0) is 65.5 Å². The molecule has 1 unspecified atom stereocenters. The van der Waals surface area contributed by atoms with Gasteiger partial charge in [-0.1, -0.05) is 77.4 Å². The molecule has 4 atom stereocenters. The molecular formula is C41H33N3O2Pt. The zero-order valence-electron chi connectivity index (χ0n) is 26.4. The summed E-state index contributed by atoms with van der Waals surface area (Å²) in [4.78, 5) is 12.4. The van der Waals surface area contributed by atoms with Crippen LogP contribution < -0.4 is 4.90 Å². The fourth-order valence-corrected chi connectivity index (χ4v) is 7.78. The first kappa shape index (κ1) is 29.9. The Bertz CT molecular complexity index is 1960. The largest absolute Gasteiger partial charge is 2.00 e. The van der Waals surface area contributed by atoms with E-state index in [1.54, 1.807) is 0 Å². The van der Waals surface area contributed by atoms with Crippen molar-refractivity contribution in [3.05, 3.63) is 159 Å². The second kappa shape index (κ2) is 11.6. The normalized spacial score (nSPS) is 21.3. The molecule has 0 radical (unpaired) electrons. The van der Waals surface area contributed by atoms with Crippen LogP contribution in [0.4, 0.5) is 17.1 Å². The van der Waals surface area contributed by atoms with E-state index < -0.39 is 0 Å². The molecule has 0 aromatic heterocycles. The second-order valence-corrected chi connectivity index (χ2v) is 12.9. The number of aryl methyl sites for hydroxylation is 3. The number of anilines is 3. The quantitative estimate of drug-likeness (QED) is 0.168. The predicted molar refractivity (Wildman–Crippen MR) is 182 cm³/mol. The molecule has 5 nitrogen and oxygen atoms in total. The topological polar surface area (TPSA) is 46.4 Å². The summed E-state index contributed by atoms with van der Waals surface area (Å²) in [6.07, 6.45) is 1.82. The van der Waals surface area contributed by atoms with Crippen molar-refractivity contribution in [3.8, 4) is 0 Å². The summed E-state index contributed by atoms with van der Waals surface area (Å²) < 4.78 is 12.9. The minimum atomic E-state index is 0. The Labute approximate surface area is 290 Å². The molecule has 2 aliphatic heterocycles. The third-order valence-electron chi connectivity index (χ3n) is 9.69. The molecule has 4 aliphatic rings. The molecule has 6 heteroatoms. The van der Waals surface area contributed by atoms with Gasteiger partial charge in [-0.15, -0.1) is 48.5 Å². The van der Waals surface area contributed by atoms with E-state index in [1.165, 1.54) is 38.9 Å². The van der Waals surface area contributed by atoms with Crippen molar-refractivity contribution >= 4 is 28.9 Å². The van der Waals surface area contributed by atoms with Gasteiger partial charge >= 0.3 is 21.1 Å². The fraction of sp³-hybridized carbons (Fsp3) is 0.220. The van der Waals surface area contributed by atoms with Crippen LogP contribution in [-0.4, -0.2) is 24.0 Å². The first-order chi connectivity index (χ1) is 22.5. The smallest absolute Gasteiger partial charge is 0.514 e. The van der Waals surface area contributed by atoms with E-state index in [-0.39, 0.29) is 45.4 Å². The fourth-order valence-electron chi connectivity index (χ4n) is 7.78. The summed E-state index contributed by atoms with van der Waals surface area (Å²) in [7, 11) is 0. The standard InChI is InChI=1S/C41H33N3O2.Pt/c1-24-18-25(2)39(26(3)19-24)44(31-14-8-12-29(20-31)40-42-37-33-16-6-4-10-27(33)22-35(37)45-40)32-15-9-13-30(21-32)41-43-38-34-17-7-5-11-28(34)23-36(38)46-41;/h4-19,35-38H,22-23H2,1-3H3;/q-2;+2/t35-,36?,37+,38+;/m1./s1. The minimum absolute atomic E-state index is 0. The zero-order valence-corrected chi connectivity index (χ0v) is 28.7. The minimum Gasteiger partial charge on any atom is -0.514 e. The molecule has 0 spiro atoms. The van der Waals surface area contributed by atoms with Gasteiger partial charge in [0.25, 0.3) is 0 Å². The summed E-state index contributed by atoms with van der Waals surface area (Å²) in [5.41, 5.74) is 13.4. The first-order valence-electron chi connectivity index (χ1n) is 16.1. The Morgan fingerprint density at radius 3 is 1.57 bits per heavy atom. The van der Waals surface area contributed by atoms with Gasteiger partial charge in [0.15, 0.2) is 0 Å². The molecule has 234 valence electrons. The Morgan fingerprint density at radius 2 is 1.09 bits per heavy atom. The van der Waals surface area contributed by atoms with Crippen LogP contribution in [0.2, 0.25) is 0 Å². The molecule has 2 aliphatic carbocycles. The molecule has 0 amide bonds. The molecule has 5 aromatic carbocycles. The van der Waals surface area contributed by atoms with E-state index in [0.717, 1.165) is 41.0 Å². The zero-order chi connectivity index (χ0) is 30.9. The number of aliphatic imine (C=N–C) groups is 2. The number of nitrogens with zero attached hydrogens (tertiary/aromatic N) is 3. The molecule has 5 aromatic rings. The van der Waals surface area contributed by atoms with Gasteiger partial charge in [0.2, 0.25) is 0 Å². The summed E-state index contributed by atoms with van der Waals surface area (Å²) in [6.45, 7) is 6.48. The second-order valence-electron chi connectivity index (χ2n) is 12.9. The van der Waals surface area contributed by atoms with Crippen molar-refractivity contribution in [1.29, 1.82) is 0 Å². The SMILES string of the molecule is Cc1cc(C)c(N(c2[c-]c(C3=N[C@H]4c5ccccc5CC4O3)ccc2)c2[c-]c(C3=N[C@H]4c5ccccc5C[C@H]4O3)ccc2)c(C)c1.[Pt+2]. The molecule has 9 rings (SSSR count). The first-order valence-corrected chi connectivity index (χ1v) is 16.1. The van der Waals surface area contributed by atoms with Crippen LogP contribution in [0.25, 0.3) is 0 Å². The molecule has 0 saturated carbocycles. The van der Waals surface area contributed by atoms with Gasteiger partial charge < -0.3 is 14.4 Å². The van der Waals surface area contributed by atoms with Crippen molar-refractivity contribution in [3.63, 3.8) is 0 Å². The van der Waals surface area contributed by atoms with E-state index >= 15 is 0 Å². The average Bonchev–Trinajstić information content (AvgIpc) is 3.82. The molecular weight excluding hydrogens is 762 g/mol. The van der Waals surface area contributed by atoms with Gasteiger partial charge in [0, 0.05) is 18.5 Å². The van der Waals surface area contributed by atoms with Crippen molar-refractivity contribution in [2.75, 3.05) is 4.90 Å². The third-order valence-corrected chi connectivity index (χ3v) is 9.69. The monoisotopic (exact) mass is 794 g/mol. The number of ether oxygens (including phenoxy) is 2. The molecule has 0 bridgehead atoms. The van der Waals surface area contributed by atoms with Gasteiger partial charge in [0.1, 0.15) is 36.1 Å². The van der Waals surface area contributed by atoms with Gasteiger partial charge in [-0.3, -0.25) is 9.98 Å². The number of hydrogen-bond donors (Lipinski definition) is 0. The molecule has 0 fully saturated rings. The Kier molecular flexibility index (Phi) is 7.41.